The van der Waals surface area contributed by atoms with Gasteiger partial charge in [0.25, 0.3) is 0 Å². The number of ether oxygens (including phenoxy) is 2. The second-order valence-electron chi connectivity index (χ2n) is 4.52. The lowest BCUT2D eigenvalue weighted by Gasteiger charge is -2.18. The molecule has 2 rings (SSSR count). The van der Waals surface area contributed by atoms with E-state index < -0.39 is 23.8 Å². The molecule has 2 aromatic rings. The van der Waals surface area contributed by atoms with Gasteiger partial charge in [0.1, 0.15) is 11.5 Å². The van der Waals surface area contributed by atoms with E-state index in [0.717, 1.165) is 22.8 Å². The molecule has 132 valence electrons. The molecule has 0 aliphatic rings. The van der Waals surface area contributed by atoms with E-state index in [1.165, 1.54) is 12.1 Å². The third-order valence-corrected chi connectivity index (χ3v) is 6.40. The zero-order valence-corrected chi connectivity index (χ0v) is 18.4. The van der Waals surface area contributed by atoms with Gasteiger partial charge >= 0.3 is 12.1 Å². The Bertz CT molecular complexity index is 825. The molecule has 0 atom stereocenters. The number of aliphatic carboxylic acids is 1. The van der Waals surface area contributed by atoms with Crippen molar-refractivity contribution in [2.45, 2.75) is 6.11 Å². The van der Waals surface area contributed by atoms with Crippen LogP contribution in [0.1, 0.15) is 10.4 Å². The lowest BCUT2D eigenvalue weighted by Crippen LogP contribution is -2.45. The van der Waals surface area contributed by atoms with Gasteiger partial charge < -0.3 is 19.4 Å². The first kappa shape index (κ1) is 20.5. The van der Waals surface area contributed by atoms with E-state index in [9.17, 15) is 23.5 Å². The van der Waals surface area contributed by atoms with E-state index in [0.29, 0.717) is 5.56 Å². The minimum absolute atomic E-state index is 0.0961. The topological polar surface area (TPSA) is 75.7 Å². The Morgan fingerprint density at radius 1 is 1.00 bits per heavy atom. The van der Waals surface area contributed by atoms with Gasteiger partial charge in [0.2, 0.25) is 0 Å². The Morgan fingerprint density at radius 3 is 2.12 bits per heavy atom. The highest BCUT2D eigenvalue weighted by Gasteiger charge is 2.33. The van der Waals surface area contributed by atoms with Gasteiger partial charge in [-0.1, -0.05) is 0 Å². The minimum atomic E-state index is -4.45. The molecule has 0 unspecified atom stereocenters. The van der Waals surface area contributed by atoms with Crippen LogP contribution in [-0.2, 0) is 4.79 Å². The average molecular weight is 685 g/mol. The van der Waals surface area contributed by atoms with E-state index in [1.807, 2.05) is 28.7 Å². The Morgan fingerprint density at radius 2 is 1.56 bits per heavy atom. The predicted molar refractivity (Wildman–Crippen MR) is 107 cm³/mol. The molecule has 5 nitrogen and oxygen atoms in total. The van der Waals surface area contributed by atoms with Crippen LogP contribution in [0.15, 0.2) is 36.4 Å². The summed E-state index contributed by atoms with van der Waals surface area (Å²) in [5.41, 5.74) is 0.376. The molecule has 0 spiro atoms. The summed E-state index contributed by atoms with van der Waals surface area (Å²) in [5, 5.41) is 10.2. The molecule has 0 radical (unpaired) electrons. The highest BCUT2D eigenvalue weighted by Crippen LogP contribution is 2.26. The molecule has 0 aromatic heterocycles. The van der Waals surface area contributed by atoms with Crippen LogP contribution in [0, 0.1) is 10.7 Å². The molecule has 0 N–H and O–H groups in total. The van der Waals surface area contributed by atoms with Crippen LogP contribution in [0.5, 0.6) is 11.5 Å². The highest BCUT2D eigenvalue weighted by molar-refractivity contribution is 14.1. The van der Waals surface area contributed by atoms with Crippen LogP contribution in [0.2, 0.25) is 0 Å². The summed E-state index contributed by atoms with van der Waals surface area (Å²) >= 11 is 6.21. The van der Waals surface area contributed by atoms with Gasteiger partial charge in [-0.05, 0) is 104 Å². The first-order valence-electron chi connectivity index (χ1n) is 6.35. The van der Waals surface area contributed by atoms with Gasteiger partial charge in [-0.2, -0.15) is 8.78 Å². The molecule has 0 aliphatic heterocycles. The third kappa shape index (κ3) is 5.35. The van der Waals surface area contributed by atoms with E-state index in [1.54, 1.807) is 6.07 Å². The van der Waals surface area contributed by atoms with Gasteiger partial charge in [-0.15, -0.1) is 0 Å². The number of carbonyl (C=O) groups excluding carboxylic acids is 2. The summed E-state index contributed by atoms with van der Waals surface area (Å²) in [5.74, 6) is -3.56. The van der Waals surface area contributed by atoms with Crippen molar-refractivity contribution in [3.05, 3.63) is 52.7 Å². The zero-order chi connectivity index (χ0) is 18.8. The number of rotatable bonds is 5. The number of hydrogen-bond donors (Lipinski definition) is 0. The van der Waals surface area contributed by atoms with Crippen LogP contribution < -0.4 is 14.6 Å². The number of benzene rings is 2. The first-order chi connectivity index (χ1) is 11.6. The minimum Gasteiger partial charge on any atom is -0.541 e. The summed E-state index contributed by atoms with van der Waals surface area (Å²) < 4.78 is 37.5. The maximum Gasteiger partial charge on any atom is 0.441 e. The van der Waals surface area contributed by atoms with E-state index in [-0.39, 0.29) is 5.75 Å². The number of hydrogen-bond acceptors (Lipinski definition) is 5. The number of carbonyl (C=O) groups is 2. The fourth-order valence-electron chi connectivity index (χ4n) is 1.63. The van der Waals surface area contributed by atoms with Crippen molar-refractivity contribution in [2.75, 3.05) is 0 Å². The molecular formula is C15H6F2I3O5-. The maximum atomic E-state index is 12.9. The van der Waals surface area contributed by atoms with Gasteiger partial charge in [0, 0.05) is 10.7 Å². The van der Waals surface area contributed by atoms with E-state index in [2.05, 4.69) is 49.9 Å². The Labute approximate surface area is 181 Å². The summed E-state index contributed by atoms with van der Waals surface area (Å²) in [6.45, 7) is 0. The van der Waals surface area contributed by atoms with Crippen molar-refractivity contribution in [1.82, 2.24) is 0 Å². The molecule has 0 amide bonds. The molecule has 0 fully saturated rings. The Hall–Kier alpha value is -0.770. The standard InChI is InChI=1S/C15H7F2I3O5/c16-15(17,14(22)23)25-9-3-1-8(2-4-9)24-13(21)10-5-7(18)6-11(19)12(10)20/h1-6H,(H,22,23)/p-1. The Kier molecular flexibility index (Phi) is 6.80. The molecule has 10 heteroatoms. The largest absolute Gasteiger partial charge is 0.541 e. The number of carboxylic acids is 1. The Balaban J connectivity index is 2.14. The number of halogens is 5. The second-order valence-corrected chi connectivity index (χ2v) is 8.00. The average Bonchev–Trinajstić information content (AvgIpc) is 2.52. The zero-order valence-electron chi connectivity index (χ0n) is 11.9. The SMILES string of the molecule is O=C(Oc1ccc(OC(F)(F)C(=O)[O-])cc1)c1cc(I)cc(I)c1I. The van der Waals surface area contributed by atoms with Crippen molar-refractivity contribution in [1.29, 1.82) is 0 Å². The molecular weight excluding hydrogens is 679 g/mol. The van der Waals surface area contributed by atoms with Crippen molar-refractivity contribution in [3.8, 4) is 11.5 Å². The molecule has 2 aromatic carbocycles. The molecule has 25 heavy (non-hydrogen) atoms. The second kappa shape index (κ2) is 8.28. The normalized spacial score (nSPS) is 11.1. The predicted octanol–water partition coefficient (Wildman–Crippen LogP) is 3.44. The fourth-order valence-corrected chi connectivity index (χ4v) is 4.01. The summed E-state index contributed by atoms with van der Waals surface area (Å²) in [4.78, 5) is 22.5. The van der Waals surface area contributed by atoms with Gasteiger partial charge in [-0.25, -0.2) is 4.79 Å². The van der Waals surface area contributed by atoms with Gasteiger partial charge in [0.15, 0.2) is 5.97 Å². The molecule has 0 heterocycles. The summed E-state index contributed by atoms with van der Waals surface area (Å²) in [7, 11) is 0. The lowest BCUT2D eigenvalue weighted by molar-refractivity contribution is -0.350. The molecule has 0 aliphatic carbocycles. The fraction of sp³-hybridized carbons (Fsp3) is 0.0667. The lowest BCUT2D eigenvalue weighted by atomic mass is 10.2. The first-order valence-corrected chi connectivity index (χ1v) is 9.59. The van der Waals surface area contributed by atoms with Crippen LogP contribution >= 0.6 is 67.8 Å². The highest BCUT2D eigenvalue weighted by atomic mass is 127. The maximum absolute atomic E-state index is 12.9. The number of carboxylic acid groups (broad SMARTS) is 1. The van der Waals surface area contributed by atoms with Crippen LogP contribution in [0.3, 0.4) is 0 Å². The number of esters is 1. The molecule has 0 bridgehead atoms. The van der Waals surface area contributed by atoms with Crippen LogP contribution in [0.4, 0.5) is 8.78 Å². The van der Waals surface area contributed by atoms with Crippen molar-refractivity contribution in [3.63, 3.8) is 0 Å². The van der Waals surface area contributed by atoms with Crippen LogP contribution in [0.25, 0.3) is 0 Å². The number of alkyl halides is 2. The van der Waals surface area contributed by atoms with Crippen molar-refractivity contribution < 1.29 is 33.0 Å². The smallest absolute Gasteiger partial charge is 0.441 e. The van der Waals surface area contributed by atoms with E-state index in [4.69, 9.17) is 4.74 Å². The van der Waals surface area contributed by atoms with Gasteiger partial charge in [0.05, 0.1) is 5.56 Å². The van der Waals surface area contributed by atoms with Crippen LogP contribution in [-0.4, -0.2) is 18.0 Å². The monoisotopic (exact) mass is 685 g/mol. The summed E-state index contributed by atoms with van der Waals surface area (Å²) in [6, 6.07) is 8.12. The van der Waals surface area contributed by atoms with Gasteiger partial charge in [-0.3, -0.25) is 0 Å². The van der Waals surface area contributed by atoms with Crippen molar-refractivity contribution >= 4 is 79.7 Å². The van der Waals surface area contributed by atoms with E-state index >= 15 is 0 Å². The molecule has 0 saturated carbocycles. The summed E-state index contributed by atoms with van der Waals surface area (Å²) in [6.07, 6.45) is -4.45. The van der Waals surface area contributed by atoms with Crippen molar-refractivity contribution in [2.24, 2.45) is 0 Å². The molecule has 0 saturated heterocycles. The third-order valence-electron chi connectivity index (χ3n) is 2.73. The quantitative estimate of drug-likeness (QED) is 0.209.